The molecule has 114 valence electrons. The lowest BCUT2D eigenvalue weighted by Gasteiger charge is -2.25. The Morgan fingerprint density at radius 3 is 2.41 bits per heavy atom. The fraction of sp³-hybridized carbons (Fsp3) is 0.316. The molecule has 1 aliphatic carbocycles. The molecule has 3 heteroatoms. The molecule has 22 heavy (non-hydrogen) atoms. The van der Waals surface area contributed by atoms with Gasteiger partial charge < -0.3 is 4.84 Å². The summed E-state index contributed by atoms with van der Waals surface area (Å²) in [5, 5.41) is 4.33. The minimum absolute atomic E-state index is 0.225. The van der Waals surface area contributed by atoms with Crippen LogP contribution < -0.4 is 0 Å². The third kappa shape index (κ3) is 3.94. The minimum atomic E-state index is -0.225. The first-order valence-corrected chi connectivity index (χ1v) is 7.80. The van der Waals surface area contributed by atoms with Crippen molar-refractivity contribution in [3.8, 4) is 0 Å². The van der Waals surface area contributed by atoms with Gasteiger partial charge in [0, 0.05) is 0 Å². The van der Waals surface area contributed by atoms with Crippen molar-refractivity contribution >= 4 is 5.71 Å². The Hall–Kier alpha value is -2.16. The minimum Gasteiger partial charge on any atom is -0.391 e. The molecule has 1 fully saturated rings. The van der Waals surface area contributed by atoms with E-state index in [1.807, 2.05) is 30.3 Å². The Kier molecular flexibility index (Phi) is 4.84. The molecule has 0 heterocycles. The van der Waals surface area contributed by atoms with Gasteiger partial charge >= 0.3 is 0 Å². The van der Waals surface area contributed by atoms with Gasteiger partial charge in [0.15, 0.2) is 0 Å². The summed E-state index contributed by atoms with van der Waals surface area (Å²) in [6.07, 6.45) is 4.70. The van der Waals surface area contributed by atoms with E-state index in [0.717, 1.165) is 23.3 Å². The van der Waals surface area contributed by atoms with Crippen molar-refractivity contribution < 1.29 is 9.23 Å². The molecule has 0 amide bonds. The van der Waals surface area contributed by atoms with Gasteiger partial charge in [0.2, 0.25) is 0 Å². The van der Waals surface area contributed by atoms with Gasteiger partial charge in [0.1, 0.15) is 12.4 Å². The number of nitrogens with zero attached hydrogens (tertiary/aromatic N) is 1. The van der Waals surface area contributed by atoms with Crippen LogP contribution in [0.5, 0.6) is 0 Å². The monoisotopic (exact) mass is 297 g/mol. The Morgan fingerprint density at radius 2 is 1.77 bits per heavy atom. The summed E-state index contributed by atoms with van der Waals surface area (Å²) in [6, 6.07) is 16.5. The van der Waals surface area contributed by atoms with Gasteiger partial charge in [-0.3, -0.25) is 0 Å². The summed E-state index contributed by atoms with van der Waals surface area (Å²) in [7, 11) is 0. The fourth-order valence-electron chi connectivity index (χ4n) is 2.58. The van der Waals surface area contributed by atoms with Crippen molar-refractivity contribution in [1.82, 2.24) is 0 Å². The SMILES string of the molecule is Fc1ccc(/C(CC2CCC2)=N/OCc2ccccc2)cc1. The van der Waals surface area contributed by atoms with Gasteiger partial charge in [-0.15, -0.1) is 0 Å². The van der Waals surface area contributed by atoms with E-state index in [1.54, 1.807) is 12.1 Å². The molecule has 0 unspecified atom stereocenters. The summed E-state index contributed by atoms with van der Waals surface area (Å²) < 4.78 is 13.1. The molecule has 2 aromatic carbocycles. The van der Waals surface area contributed by atoms with Crippen molar-refractivity contribution in [1.29, 1.82) is 0 Å². The maximum atomic E-state index is 13.1. The van der Waals surface area contributed by atoms with Gasteiger partial charge in [0.25, 0.3) is 0 Å². The molecule has 1 saturated carbocycles. The molecule has 3 rings (SSSR count). The number of benzene rings is 2. The molecule has 0 N–H and O–H groups in total. The first-order chi connectivity index (χ1) is 10.8. The molecule has 2 nitrogen and oxygen atoms in total. The zero-order valence-electron chi connectivity index (χ0n) is 12.5. The molecule has 0 saturated heterocycles. The van der Waals surface area contributed by atoms with Crippen LogP contribution in [0.1, 0.15) is 36.8 Å². The predicted octanol–water partition coefficient (Wildman–Crippen LogP) is 4.94. The molecule has 2 aromatic rings. The van der Waals surface area contributed by atoms with Gasteiger partial charge in [-0.25, -0.2) is 4.39 Å². The van der Waals surface area contributed by atoms with E-state index in [0.29, 0.717) is 12.5 Å². The average molecular weight is 297 g/mol. The zero-order chi connectivity index (χ0) is 15.2. The van der Waals surface area contributed by atoms with E-state index < -0.39 is 0 Å². The van der Waals surface area contributed by atoms with Crippen LogP contribution in [0.2, 0.25) is 0 Å². The highest BCUT2D eigenvalue weighted by Gasteiger charge is 2.20. The van der Waals surface area contributed by atoms with E-state index in [2.05, 4.69) is 5.16 Å². The number of hydrogen-bond acceptors (Lipinski definition) is 2. The lowest BCUT2D eigenvalue weighted by molar-refractivity contribution is 0.129. The van der Waals surface area contributed by atoms with Crippen LogP contribution in [-0.4, -0.2) is 5.71 Å². The topological polar surface area (TPSA) is 21.6 Å². The van der Waals surface area contributed by atoms with E-state index in [-0.39, 0.29) is 5.82 Å². The molecule has 0 radical (unpaired) electrons. The second-order valence-corrected chi connectivity index (χ2v) is 5.80. The highest BCUT2D eigenvalue weighted by molar-refractivity contribution is 6.00. The van der Waals surface area contributed by atoms with Crippen LogP contribution in [0, 0.1) is 11.7 Å². The van der Waals surface area contributed by atoms with E-state index in [1.165, 1.54) is 31.4 Å². The molecule has 1 aliphatic rings. The third-order valence-electron chi connectivity index (χ3n) is 4.13. The van der Waals surface area contributed by atoms with Crippen LogP contribution in [-0.2, 0) is 11.4 Å². The molecular weight excluding hydrogens is 277 g/mol. The van der Waals surface area contributed by atoms with Crippen LogP contribution >= 0.6 is 0 Å². The summed E-state index contributed by atoms with van der Waals surface area (Å²) >= 11 is 0. The largest absolute Gasteiger partial charge is 0.391 e. The molecule has 0 spiro atoms. The second-order valence-electron chi connectivity index (χ2n) is 5.80. The molecule has 0 aliphatic heterocycles. The summed E-state index contributed by atoms with van der Waals surface area (Å²) in [6.45, 7) is 0.455. The van der Waals surface area contributed by atoms with Crippen molar-refractivity contribution in [2.75, 3.05) is 0 Å². The molecule has 0 atom stereocenters. The van der Waals surface area contributed by atoms with E-state index >= 15 is 0 Å². The third-order valence-corrected chi connectivity index (χ3v) is 4.13. The quantitative estimate of drug-likeness (QED) is 0.547. The van der Waals surface area contributed by atoms with Gasteiger partial charge in [-0.2, -0.15) is 0 Å². The van der Waals surface area contributed by atoms with Crippen molar-refractivity contribution in [2.45, 2.75) is 32.3 Å². The van der Waals surface area contributed by atoms with Crippen LogP contribution in [0.25, 0.3) is 0 Å². The van der Waals surface area contributed by atoms with Crippen molar-refractivity contribution in [3.05, 3.63) is 71.5 Å². The van der Waals surface area contributed by atoms with Crippen LogP contribution in [0.15, 0.2) is 59.8 Å². The lowest BCUT2D eigenvalue weighted by atomic mass is 9.80. The predicted molar refractivity (Wildman–Crippen MR) is 86.1 cm³/mol. The first-order valence-electron chi connectivity index (χ1n) is 7.80. The maximum absolute atomic E-state index is 13.1. The first kappa shape index (κ1) is 14.8. The maximum Gasteiger partial charge on any atom is 0.142 e. The standard InChI is InChI=1S/C19H20FNO/c20-18-11-9-17(10-12-18)19(13-15-7-4-8-15)21-22-14-16-5-2-1-3-6-16/h1-3,5-6,9-12,15H,4,7-8,13-14H2/b21-19+. The molecular formula is C19H20FNO. The second kappa shape index (κ2) is 7.21. The molecule has 0 aromatic heterocycles. The summed E-state index contributed by atoms with van der Waals surface area (Å²) in [4.78, 5) is 5.53. The van der Waals surface area contributed by atoms with E-state index in [4.69, 9.17) is 4.84 Å². The van der Waals surface area contributed by atoms with Crippen molar-refractivity contribution in [3.63, 3.8) is 0 Å². The fourth-order valence-corrected chi connectivity index (χ4v) is 2.58. The zero-order valence-corrected chi connectivity index (χ0v) is 12.5. The normalized spacial score (nSPS) is 15.4. The highest BCUT2D eigenvalue weighted by atomic mass is 19.1. The van der Waals surface area contributed by atoms with E-state index in [9.17, 15) is 4.39 Å². The van der Waals surface area contributed by atoms with Gasteiger partial charge in [-0.1, -0.05) is 66.9 Å². The number of rotatable bonds is 6. The molecule has 0 bridgehead atoms. The average Bonchev–Trinajstić information content (AvgIpc) is 2.51. The van der Waals surface area contributed by atoms with Crippen molar-refractivity contribution in [2.24, 2.45) is 11.1 Å². The smallest absolute Gasteiger partial charge is 0.142 e. The number of halogens is 1. The Bertz CT molecular complexity index is 618. The Balaban J connectivity index is 1.69. The lowest BCUT2D eigenvalue weighted by Crippen LogP contribution is -2.17. The van der Waals surface area contributed by atoms with Gasteiger partial charge in [-0.05, 0) is 35.6 Å². The Labute approximate surface area is 130 Å². The Morgan fingerprint density at radius 1 is 1.05 bits per heavy atom. The summed E-state index contributed by atoms with van der Waals surface area (Å²) in [5.41, 5.74) is 2.95. The number of oxime groups is 1. The number of hydrogen-bond donors (Lipinski definition) is 0. The highest BCUT2D eigenvalue weighted by Crippen LogP contribution is 2.31. The summed E-state index contributed by atoms with van der Waals surface area (Å²) in [5.74, 6) is 0.459. The van der Waals surface area contributed by atoms with Crippen LogP contribution in [0.4, 0.5) is 4.39 Å². The van der Waals surface area contributed by atoms with Crippen LogP contribution in [0.3, 0.4) is 0 Å². The van der Waals surface area contributed by atoms with Gasteiger partial charge in [0.05, 0.1) is 5.71 Å².